The lowest BCUT2D eigenvalue weighted by Crippen LogP contribution is -2.56. The number of aliphatic hydroxyl groups is 1. The van der Waals surface area contributed by atoms with Crippen molar-refractivity contribution >= 4 is 29.5 Å². The molecule has 0 aromatic heterocycles. The molecule has 4 aliphatic rings. The summed E-state index contributed by atoms with van der Waals surface area (Å²) in [4.78, 5) is 46.4. The number of cyclic esters (lactones) is 1. The van der Waals surface area contributed by atoms with E-state index in [4.69, 9.17) is 4.74 Å². The van der Waals surface area contributed by atoms with Gasteiger partial charge in [-0.2, -0.15) is 0 Å². The van der Waals surface area contributed by atoms with Crippen molar-refractivity contribution in [3.63, 3.8) is 0 Å². The van der Waals surface area contributed by atoms with E-state index >= 15 is 0 Å². The Morgan fingerprint density at radius 1 is 1.08 bits per heavy atom. The number of nitrogens with zero attached hydrogens (tertiary/aromatic N) is 2. The minimum atomic E-state index is -0.964. The largest absolute Gasteiger partial charge is 0.465 e. The Kier molecular flexibility index (Phi) is 7.98. The predicted octanol–water partition coefficient (Wildman–Crippen LogP) is 4.28. The van der Waals surface area contributed by atoms with Crippen molar-refractivity contribution in [2.45, 2.75) is 80.5 Å². The molecule has 2 amide bonds. The lowest BCUT2D eigenvalue weighted by atomic mass is 9.74. The molecule has 5 rings (SSSR count). The minimum absolute atomic E-state index is 0.00448. The molecule has 0 aliphatic carbocycles. The number of likely N-dealkylation sites (tertiary alicyclic amines) is 1. The monoisotopic (exact) mass is 552 g/mol. The number of rotatable bonds is 6. The van der Waals surface area contributed by atoms with Crippen LogP contribution in [-0.4, -0.2) is 74.0 Å². The van der Waals surface area contributed by atoms with Gasteiger partial charge in [0.2, 0.25) is 11.8 Å². The van der Waals surface area contributed by atoms with Gasteiger partial charge in [-0.3, -0.25) is 14.4 Å². The molecule has 210 valence electrons. The second-order valence-corrected chi connectivity index (χ2v) is 13.2. The molecule has 2 unspecified atom stereocenters. The van der Waals surface area contributed by atoms with E-state index in [0.717, 1.165) is 37.7 Å². The van der Waals surface area contributed by atoms with Crippen LogP contribution in [0.25, 0.3) is 0 Å². The summed E-state index contributed by atoms with van der Waals surface area (Å²) >= 11 is 1.55. The Bertz CT molecular complexity index is 1150. The van der Waals surface area contributed by atoms with Crippen LogP contribution in [0.2, 0.25) is 0 Å². The second-order valence-electron chi connectivity index (χ2n) is 11.4. The molecule has 0 bridgehead atoms. The highest BCUT2D eigenvalue weighted by Crippen LogP contribution is 2.66. The average molecular weight is 553 g/mol. The van der Waals surface area contributed by atoms with Crippen LogP contribution >= 0.6 is 11.8 Å². The molecule has 7 atom stereocenters. The van der Waals surface area contributed by atoms with Crippen LogP contribution in [0.15, 0.2) is 54.6 Å². The maximum absolute atomic E-state index is 14.6. The first-order valence-corrected chi connectivity index (χ1v) is 15.1. The van der Waals surface area contributed by atoms with E-state index in [2.05, 4.69) is 26.0 Å². The van der Waals surface area contributed by atoms with Crippen molar-refractivity contribution < 1.29 is 24.2 Å². The van der Waals surface area contributed by atoms with Gasteiger partial charge >= 0.3 is 5.97 Å². The first kappa shape index (κ1) is 28.0. The topological polar surface area (TPSA) is 87.2 Å². The van der Waals surface area contributed by atoms with Gasteiger partial charge in [0.1, 0.15) is 6.04 Å². The summed E-state index contributed by atoms with van der Waals surface area (Å²) in [5.74, 6) is -2.30. The average Bonchev–Trinajstić information content (AvgIpc) is 3.25. The molecule has 1 N–H and O–H groups in total. The Hall–Kier alpha value is -2.58. The Morgan fingerprint density at radius 2 is 1.85 bits per heavy atom. The summed E-state index contributed by atoms with van der Waals surface area (Å²) in [5, 5.41) is 10.7. The van der Waals surface area contributed by atoms with E-state index in [0.29, 0.717) is 13.2 Å². The fraction of sp³-hybridized carbons (Fsp3) is 0.581. The number of fused-ring (bicyclic) bond motifs is 2. The first-order valence-electron chi connectivity index (χ1n) is 14.3. The van der Waals surface area contributed by atoms with Crippen molar-refractivity contribution in [1.82, 2.24) is 9.80 Å². The number of ether oxygens (including phenoxy) is 1. The van der Waals surface area contributed by atoms with Crippen LogP contribution in [-0.2, 0) is 19.1 Å². The number of esters is 1. The molecule has 4 aliphatic heterocycles. The zero-order chi connectivity index (χ0) is 27.8. The smallest absolute Gasteiger partial charge is 0.311 e. The highest BCUT2D eigenvalue weighted by Gasteiger charge is 2.74. The zero-order valence-corrected chi connectivity index (χ0v) is 23.9. The third-order valence-electron chi connectivity index (χ3n) is 8.90. The van der Waals surface area contributed by atoms with E-state index in [-0.39, 0.29) is 30.4 Å². The van der Waals surface area contributed by atoms with Crippen molar-refractivity contribution in [2.75, 3.05) is 19.8 Å². The number of allylic oxidation sites excluding steroid dienone is 1. The summed E-state index contributed by atoms with van der Waals surface area (Å²) in [6.07, 6.45) is 12.6. The number of aliphatic hydroxyl groups excluding tert-OH is 1. The number of thioether (sulfide) groups is 1. The number of carbonyl (C=O) groups excluding carboxylic acids is 3. The van der Waals surface area contributed by atoms with Gasteiger partial charge in [0.05, 0.1) is 35.8 Å². The minimum Gasteiger partial charge on any atom is -0.465 e. The first-order chi connectivity index (χ1) is 18.8. The highest BCUT2D eigenvalue weighted by molar-refractivity contribution is 8.02. The molecule has 1 aromatic carbocycles. The molecule has 7 nitrogen and oxygen atoms in total. The van der Waals surface area contributed by atoms with Crippen molar-refractivity contribution in [3.8, 4) is 0 Å². The molecule has 0 saturated carbocycles. The van der Waals surface area contributed by atoms with Gasteiger partial charge in [-0.25, -0.2) is 0 Å². The van der Waals surface area contributed by atoms with Crippen LogP contribution in [0.5, 0.6) is 0 Å². The molecule has 0 radical (unpaired) electrons. The fourth-order valence-corrected chi connectivity index (χ4v) is 9.23. The molecule has 2 saturated heterocycles. The predicted molar refractivity (Wildman–Crippen MR) is 152 cm³/mol. The summed E-state index contributed by atoms with van der Waals surface area (Å²) in [7, 11) is 0. The Morgan fingerprint density at radius 3 is 2.56 bits per heavy atom. The SMILES string of the molecule is CCCC(C)N1CC=C[C@]23S[C@]4(C)/C=C\CCCCOC(=O)[C@@H]4[C@H]2C(=O)N([C@H](CO)c2ccccc2)C3C1=O. The summed E-state index contributed by atoms with van der Waals surface area (Å²) in [5.41, 5.74) is 0.763. The highest BCUT2D eigenvalue weighted by atomic mass is 32.2. The van der Waals surface area contributed by atoms with Crippen molar-refractivity contribution in [3.05, 3.63) is 60.2 Å². The number of hydrogen-bond donors (Lipinski definition) is 1. The second kappa shape index (κ2) is 11.1. The van der Waals surface area contributed by atoms with E-state index in [9.17, 15) is 19.5 Å². The molecular formula is C31H40N2O5S. The third-order valence-corrected chi connectivity index (χ3v) is 10.7. The van der Waals surface area contributed by atoms with Crippen LogP contribution in [0, 0.1) is 11.8 Å². The molecule has 1 aromatic rings. The number of amides is 2. The van der Waals surface area contributed by atoms with E-state index in [1.807, 2.05) is 54.3 Å². The van der Waals surface area contributed by atoms with Gasteiger partial charge in [0.25, 0.3) is 0 Å². The van der Waals surface area contributed by atoms with Crippen molar-refractivity contribution in [1.29, 1.82) is 0 Å². The summed E-state index contributed by atoms with van der Waals surface area (Å²) in [6.45, 7) is 6.60. The van der Waals surface area contributed by atoms with Crippen molar-refractivity contribution in [2.24, 2.45) is 11.8 Å². The normalized spacial score (nSPS) is 35.0. The lowest BCUT2D eigenvalue weighted by Gasteiger charge is -2.41. The molecule has 39 heavy (non-hydrogen) atoms. The Labute approximate surface area is 235 Å². The maximum atomic E-state index is 14.6. The van der Waals surface area contributed by atoms with E-state index < -0.39 is 33.4 Å². The molecule has 8 heteroatoms. The van der Waals surface area contributed by atoms with E-state index in [1.54, 1.807) is 16.7 Å². The molecule has 2 fully saturated rings. The van der Waals surface area contributed by atoms with Gasteiger partial charge in [-0.1, -0.05) is 68.0 Å². The third kappa shape index (κ3) is 4.63. The number of benzene rings is 1. The van der Waals surface area contributed by atoms with Gasteiger partial charge in [0.15, 0.2) is 0 Å². The molecule has 4 heterocycles. The maximum Gasteiger partial charge on any atom is 0.311 e. The van der Waals surface area contributed by atoms with Gasteiger partial charge in [-0.05, 0) is 45.1 Å². The summed E-state index contributed by atoms with van der Waals surface area (Å²) in [6, 6.07) is 7.81. The van der Waals surface area contributed by atoms with Crippen LogP contribution in [0.3, 0.4) is 0 Å². The van der Waals surface area contributed by atoms with Crippen LogP contribution < -0.4 is 0 Å². The standard InChI is InChI=1S/C31H40N2O5S/c1-4-13-21(2)32-18-12-17-31-24(25-29(37)38-19-11-6-5-10-16-30(25,3)39-31)27(35)33(26(31)28(32)36)23(20-34)22-14-8-7-9-15-22/h7-10,12,14-17,21,23-26,34H,4-6,11,13,18-20H2,1-3H3/b16-10-/t21?,23-,24+,25+,26?,30-,31+/m1/s1. The quantitative estimate of drug-likeness (QED) is 0.419. The number of hydrogen-bond acceptors (Lipinski definition) is 6. The number of carbonyl (C=O) groups is 3. The van der Waals surface area contributed by atoms with Crippen LogP contribution in [0.1, 0.15) is 64.5 Å². The van der Waals surface area contributed by atoms with Gasteiger partial charge in [-0.15, -0.1) is 11.8 Å². The van der Waals surface area contributed by atoms with Crippen LogP contribution in [0.4, 0.5) is 0 Å². The van der Waals surface area contributed by atoms with Gasteiger partial charge in [0, 0.05) is 17.3 Å². The zero-order valence-electron chi connectivity index (χ0n) is 23.1. The lowest BCUT2D eigenvalue weighted by molar-refractivity contribution is -0.155. The molecule has 1 spiro atoms. The Balaban J connectivity index is 1.68. The summed E-state index contributed by atoms with van der Waals surface area (Å²) < 4.78 is 4.08. The van der Waals surface area contributed by atoms with E-state index in [1.165, 1.54) is 0 Å². The fourth-order valence-electron chi connectivity index (χ4n) is 7.09. The van der Waals surface area contributed by atoms with Gasteiger partial charge < -0.3 is 19.6 Å². The molecular weight excluding hydrogens is 512 g/mol.